The summed E-state index contributed by atoms with van der Waals surface area (Å²) in [5, 5.41) is 3.17. The fraction of sp³-hybridized carbons (Fsp3) is 0.412. The number of benzene rings is 1. The molecule has 110 valence electrons. The number of fused-ring (bicyclic) bond motifs is 1. The highest BCUT2D eigenvalue weighted by Crippen LogP contribution is 2.27. The first-order chi connectivity index (χ1) is 10.3. The van der Waals surface area contributed by atoms with Crippen LogP contribution in [-0.4, -0.2) is 16.5 Å². The number of ether oxygens (including phenoxy) is 1. The van der Waals surface area contributed by atoms with E-state index in [9.17, 15) is 0 Å². The Balaban J connectivity index is 1.74. The minimum Gasteiger partial charge on any atom is -0.439 e. The first-order valence-electron chi connectivity index (χ1n) is 7.72. The number of aryl methyl sites for hydroxylation is 2. The molecule has 0 radical (unpaired) electrons. The van der Waals surface area contributed by atoms with E-state index >= 15 is 0 Å². The molecule has 0 fully saturated rings. The summed E-state index contributed by atoms with van der Waals surface area (Å²) >= 11 is 0. The van der Waals surface area contributed by atoms with Crippen LogP contribution in [0.3, 0.4) is 0 Å². The molecule has 4 heteroatoms. The van der Waals surface area contributed by atoms with E-state index in [1.807, 2.05) is 6.07 Å². The third-order valence-corrected chi connectivity index (χ3v) is 3.71. The van der Waals surface area contributed by atoms with E-state index in [0.717, 1.165) is 25.1 Å². The number of nitrogens with zero attached hydrogens (tertiary/aromatic N) is 2. The highest BCUT2D eigenvalue weighted by atomic mass is 16.5. The zero-order valence-electron chi connectivity index (χ0n) is 12.4. The second kappa shape index (κ2) is 6.57. The van der Waals surface area contributed by atoms with Crippen LogP contribution in [0.5, 0.6) is 11.6 Å². The number of anilines is 1. The summed E-state index contributed by atoms with van der Waals surface area (Å²) in [5.74, 6) is 2.06. The fourth-order valence-corrected chi connectivity index (χ4v) is 2.62. The number of aromatic nitrogens is 2. The predicted molar refractivity (Wildman–Crippen MR) is 84.0 cm³/mol. The van der Waals surface area contributed by atoms with Crippen LogP contribution in [-0.2, 0) is 12.8 Å². The maximum absolute atomic E-state index is 5.87. The molecule has 0 aliphatic heterocycles. The summed E-state index contributed by atoms with van der Waals surface area (Å²) in [7, 11) is 0. The summed E-state index contributed by atoms with van der Waals surface area (Å²) in [5.41, 5.74) is 2.87. The summed E-state index contributed by atoms with van der Waals surface area (Å²) < 4.78 is 5.87. The molecule has 0 atom stereocenters. The summed E-state index contributed by atoms with van der Waals surface area (Å²) in [6.07, 6.45) is 7.67. The van der Waals surface area contributed by atoms with Gasteiger partial charge < -0.3 is 10.1 Å². The summed E-state index contributed by atoms with van der Waals surface area (Å²) in [4.78, 5) is 8.56. The van der Waals surface area contributed by atoms with Gasteiger partial charge in [0, 0.05) is 18.8 Å². The SMILES string of the molecule is CCCNc1nccc(Oc2ccc3c(c2)CCCC3)n1. The van der Waals surface area contributed by atoms with Gasteiger partial charge in [-0.15, -0.1) is 0 Å². The molecule has 0 bridgehead atoms. The van der Waals surface area contributed by atoms with Gasteiger partial charge in [0.2, 0.25) is 11.8 Å². The average Bonchev–Trinajstić information content (AvgIpc) is 2.53. The molecule has 2 aromatic rings. The Morgan fingerprint density at radius 3 is 2.86 bits per heavy atom. The van der Waals surface area contributed by atoms with Crippen molar-refractivity contribution >= 4 is 5.95 Å². The second-order valence-electron chi connectivity index (χ2n) is 5.38. The minimum atomic E-state index is 0.583. The van der Waals surface area contributed by atoms with E-state index < -0.39 is 0 Å². The molecule has 3 rings (SSSR count). The van der Waals surface area contributed by atoms with Gasteiger partial charge in [-0.05, 0) is 55.4 Å². The second-order valence-corrected chi connectivity index (χ2v) is 5.38. The maximum atomic E-state index is 5.87. The Morgan fingerprint density at radius 1 is 1.14 bits per heavy atom. The van der Waals surface area contributed by atoms with Crippen molar-refractivity contribution in [2.75, 3.05) is 11.9 Å². The van der Waals surface area contributed by atoms with Crippen LogP contribution in [0.2, 0.25) is 0 Å². The molecule has 0 amide bonds. The lowest BCUT2D eigenvalue weighted by Gasteiger charge is -2.16. The normalized spacial score (nSPS) is 13.6. The molecule has 1 aromatic carbocycles. The van der Waals surface area contributed by atoms with Crippen molar-refractivity contribution in [1.29, 1.82) is 0 Å². The van der Waals surface area contributed by atoms with Crippen molar-refractivity contribution in [3.8, 4) is 11.6 Å². The van der Waals surface area contributed by atoms with Crippen molar-refractivity contribution in [3.05, 3.63) is 41.6 Å². The number of hydrogen-bond donors (Lipinski definition) is 1. The fourth-order valence-electron chi connectivity index (χ4n) is 2.62. The van der Waals surface area contributed by atoms with Crippen molar-refractivity contribution in [1.82, 2.24) is 9.97 Å². The van der Waals surface area contributed by atoms with E-state index in [0.29, 0.717) is 11.8 Å². The average molecular weight is 283 g/mol. The third-order valence-electron chi connectivity index (χ3n) is 3.71. The van der Waals surface area contributed by atoms with Gasteiger partial charge in [0.15, 0.2) is 0 Å². The van der Waals surface area contributed by atoms with Crippen LogP contribution in [0.1, 0.15) is 37.3 Å². The van der Waals surface area contributed by atoms with Gasteiger partial charge in [0.05, 0.1) is 0 Å². The molecule has 1 N–H and O–H groups in total. The van der Waals surface area contributed by atoms with Gasteiger partial charge in [-0.1, -0.05) is 13.0 Å². The number of hydrogen-bond acceptors (Lipinski definition) is 4. The van der Waals surface area contributed by atoms with Gasteiger partial charge in [0.25, 0.3) is 0 Å². The zero-order valence-corrected chi connectivity index (χ0v) is 12.4. The lowest BCUT2D eigenvalue weighted by Crippen LogP contribution is -2.05. The van der Waals surface area contributed by atoms with Crippen molar-refractivity contribution in [3.63, 3.8) is 0 Å². The molecule has 1 aliphatic rings. The van der Waals surface area contributed by atoms with Crippen LogP contribution >= 0.6 is 0 Å². The molecule has 1 heterocycles. The largest absolute Gasteiger partial charge is 0.439 e. The van der Waals surface area contributed by atoms with Crippen molar-refractivity contribution < 1.29 is 4.74 Å². The third kappa shape index (κ3) is 3.51. The van der Waals surface area contributed by atoms with Gasteiger partial charge in [-0.2, -0.15) is 4.98 Å². The molecule has 0 saturated heterocycles. The highest BCUT2D eigenvalue weighted by Gasteiger charge is 2.10. The maximum Gasteiger partial charge on any atom is 0.225 e. The molecule has 4 nitrogen and oxygen atoms in total. The topological polar surface area (TPSA) is 47.0 Å². The van der Waals surface area contributed by atoms with Crippen LogP contribution in [0, 0.1) is 0 Å². The molecule has 1 aromatic heterocycles. The van der Waals surface area contributed by atoms with Gasteiger partial charge in [0.1, 0.15) is 5.75 Å². The number of rotatable bonds is 5. The van der Waals surface area contributed by atoms with E-state index in [2.05, 4.69) is 34.3 Å². The van der Waals surface area contributed by atoms with E-state index in [4.69, 9.17) is 4.74 Å². The quantitative estimate of drug-likeness (QED) is 0.902. The van der Waals surface area contributed by atoms with Crippen LogP contribution in [0.15, 0.2) is 30.5 Å². The van der Waals surface area contributed by atoms with E-state index in [-0.39, 0.29) is 0 Å². The van der Waals surface area contributed by atoms with Crippen LogP contribution in [0.4, 0.5) is 5.95 Å². The molecule has 1 aliphatic carbocycles. The lowest BCUT2D eigenvalue weighted by atomic mass is 9.92. The van der Waals surface area contributed by atoms with Crippen LogP contribution < -0.4 is 10.1 Å². The first kappa shape index (κ1) is 13.9. The standard InChI is InChI=1S/C17H21N3O/c1-2-10-18-17-19-11-9-16(20-17)21-15-8-7-13-5-3-4-6-14(13)12-15/h7-9,11-12H,2-6,10H2,1H3,(H,18,19,20). The van der Waals surface area contributed by atoms with Crippen LogP contribution in [0.25, 0.3) is 0 Å². The lowest BCUT2D eigenvalue weighted by molar-refractivity contribution is 0.460. The van der Waals surface area contributed by atoms with Gasteiger partial charge in [-0.25, -0.2) is 4.98 Å². The Labute approximate surface area is 125 Å². The Morgan fingerprint density at radius 2 is 2.00 bits per heavy atom. The first-order valence-corrected chi connectivity index (χ1v) is 7.72. The molecule has 0 unspecified atom stereocenters. The predicted octanol–water partition coefficient (Wildman–Crippen LogP) is 3.97. The molecule has 0 saturated carbocycles. The van der Waals surface area contributed by atoms with E-state index in [1.165, 1.54) is 30.4 Å². The molecular formula is C17H21N3O. The highest BCUT2D eigenvalue weighted by molar-refractivity contribution is 5.39. The molecule has 0 spiro atoms. The zero-order chi connectivity index (χ0) is 14.5. The Hall–Kier alpha value is -2.10. The molecular weight excluding hydrogens is 262 g/mol. The molecule has 21 heavy (non-hydrogen) atoms. The van der Waals surface area contributed by atoms with Gasteiger partial charge in [-0.3, -0.25) is 0 Å². The monoisotopic (exact) mass is 283 g/mol. The summed E-state index contributed by atoms with van der Waals surface area (Å²) in [6.45, 7) is 2.97. The Kier molecular flexibility index (Phi) is 4.34. The van der Waals surface area contributed by atoms with Gasteiger partial charge >= 0.3 is 0 Å². The van der Waals surface area contributed by atoms with E-state index in [1.54, 1.807) is 12.3 Å². The van der Waals surface area contributed by atoms with Crippen molar-refractivity contribution in [2.24, 2.45) is 0 Å². The Bertz CT molecular complexity index is 613. The summed E-state index contributed by atoms with van der Waals surface area (Å²) in [6, 6.07) is 8.15. The smallest absolute Gasteiger partial charge is 0.225 e. The minimum absolute atomic E-state index is 0.583. The van der Waals surface area contributed by atoms with Crippen molar-refractivity contribution in [2.45, 2.75) is 39.0 Å². The number of nitrogens with one attached hydrogen (secondary N) is 1.